The van der Waals surface area contributed by atoms with E-state index in [0.717, 1.165) is 13.2 Å². The molecule has 0 saturated carbocycles. The molecule has 0 unspecified atom stereocenters. The molecule has 19 heavy (non-hydrogen) atoms. The topological polar surface area (TPSA) is 18.5 Å². The Kier molecular flexibility index (Phi) is 10.0. The maximum Gasteiger partial charge on any atom is 0.186 e. The van der Waals surface area contributed by atoms with Crippen LogP contribution in [0.25, 0.3) is 0 Å². The first-order valence-corrected chi connectivity index (χ1v) is 11.2. The molecule has 0 aromatic carbocycles. The molecule has 0 fully saturated rings. The summed E-state index contributed by atoms with van der Waals surface area (Å²) in [6, 6.07) is 1.19. The Bertz CT molecular complexity index is 209. The van der Waals surface area contributed by atoms with Gasteiger partial charge in [0.25, 0.3) is 0 Å². The Balaban J connectivity index is 4.66. The van der Waals surface area contributed by atoms with E-state index in [9.17, 15) is 0 Å². The molecular weight excluding hydrogens is 252 g/mol. The van der Waals surface area contributed by atoms with Crippen molar-refractivity contribution in [3.8, 4) is 0 Å². The fourth-order valence-electron chi connectivity index (χ4n) is 2.32. The predicted octanol–water partition coefficient (Wildman–Crippen LogP) is 5.24. The van der Waals surface area contributed by atoms with Crippen LogP contribution >= 0.6 is 0 Å². The summed E-state index contributed by atoms with van der Waals surface area (Å²) in [5.41, 5.74) is 0.250. The summed E-state index contributed by atoms with van der Waals surface area (Å²) in [4.78, 5) is 0. The van der Waals surface area contributed by atoms with Gasteiger partial charge in [-0.05, 0) is 32.0 Å². The van der Waals surface area contributed by atoms with Gasteiger partial charge in [-0.25, -0.2) is 0 Å². The second kappa shape index (κ2) is 9.95. The SMILES string of the molecule is CCCCC(CCCC)(COC)CO[Si](C)(C)CC. The van der Waals surface area contributed by atoms with Crippen LogP contribution in [0.3, 0.4) is 0 Å². The third kappa shape index (κ3) is 8.11. The highest BCUT2D eigenvalue weighted by Crippen LogP contribution is 2.33. The van der Waals surface area contributed by atoms with Crippen LogP contribution in [0.1, 0.15) is 59.3 Å². The van der Waals surface area contributed by atoms with Crippen molar-refractivity contribution in [2.24, 2.45) is 5.41 Å². The van der Waals surface area contributed by atoms with Crippen LogP contribution < -0.4 is 0 Å². The fourth-order valence-corrected chi connectivity index (χ4v) is 3.22. The van der Waals surface area contributed by atoms with Crippen LogP contribution in [0.2, 0.25) is 19.1 Å². The average Bonchev–Trinajstić information content (AvgIpc) is 2.40. The van der Waals surface area contributed by atoms with Gasteiger partial charge in [-0.15, -0.1) is 0 Å². The standard InChI is InChI=1S/C16H36O2Si/c1-7-10-12-16(14-17-4,13-11-8-2)15-18-19(5,6)9-3/h7-15H2,1-6H3. The third-order valence-corrected chi connectivity index (χ3v) is 6.82. The normalized spacial score (nSPS) is 12.9. The van der Waals surface area contributed by atoms with Crippen molar-refractivity contribution in [1.82, 2.24) is 0 Å². The van der Waals surface area contributed by atoms with Crippen molar-refractivity contribution >= 4 is 8.32 Å². The largest absolute Gasteiger partial charge is 0.417 e. The molecule has 3 heteroatoms. The lowest BCUT2D eigenvalue weighted by Gasteiger charge is -2.36. The van der Waals surface area contributed by atoms with Crippen LogP contribution in [0.5, 0.6) is 0 Å². The zero-order chi connectivity index (χ0) is 14.8. The van der Waals surface area contributed by atoms with Crippen molar-refractivity contribution in [2.45, 2.75) is 78.4 Å². The summed E-state index contributed by atoms with van der Waals surface area (Å²) < 4.78 is 11.9. The zero-order valence-corrected chi connectivity index (χ0v) is 15.2. The Labute approximate surface area is 122 Å². The van der Waals surface area contributed by atoms with E-state index in [2.05, 4.69) is 33.9 Å². The fraction of sp³-hybridized carbons (Fsp3) is 1.00. The van der Waals surface area contributed by atoms with Crippen LogP contribution in [-0.2, 0) is 9.16 Å². The molecule has 0 aliphatic carbocycles. The smallest absolute Gasteiger partial charge is 0.186 e. The molecule has 0 bridgehead atoms. The number of hydrogen-bond donors (Lipinski definition) is 0. The summed E-state index contributed by atoms with van der Waals surface area (Å²) in [7, 11) is 0.378. The molecule has 0 rings (SSSR count). The van der Waals surface area contributed by atoms with Crippen LogP contribution in [0.15, 0.2) is 0 Å². The van der Waals surface area contributed by atoms with Crippen LogP contribution in [0.4, 0.5) is 0 Å². The van der Waals surface area contributed by atoms with Gasteiger partial charge in [-0.3, -0.25) is 0 Å². The highest BCUT2D eigenvalue weighted by atomic mass is 28.4. The molecule has 0 aromatic rings. The molecule has 0 aromatic heterocycles. The Morgan fingerprint density at radius 1 is 0.895 bits per heavy atom. The van der Waals surface area contributed by atoms with Gasteiger partial charge in [-0.2, -0.15) is 0 Å². The lowest BCUT2D eigenvalue weighted by atomic mass is 9.80. The number of methoxy groups -OCH3 is 1. The van der Waals surface area contributed by atoms with Crippen molar-refractivity contribution in [1.29, 1.82) is 0 Å². The lowest BCUT2D eigenvalue weighted by Crippen LogP contribution is -2.39. The highest BCUT2D eigenvalue weighted by molar-refractivity contribution is 6.71. The lowest BCUT2D eigenvalue weighted by molar-refractivity contribution is 0.0193. The Morgan fingerprint density at radius 3 is 1.79 bits per heavy atom. The van der Waals surface area contributed by atoms with Gasteiger partial charge >= 0.3 is 0 Å². The minimum Gasteiger partial charge on any atom is -0.417 e. The summed E-state index contributed by atoms with van der Waals surface area (Å²) in [5, 5.41) is 0. The predicted molar refractivity (Wildman–Crippen MR) is 87.3 cm³/mol. The Morgan fingerprint density at radius 2 is 1.42 bits per heavy atom. The van der Waals surface area contributed by atoms with E-state index in [4.69, 9.17) is 9.16 Å². The summed E-state index contributed by atoms with van der Waals surface area (Å²) in [6.45, 7) is 13.2. The maximum atomic E-state index is 6.35. The minimum atomic E-state index is -1.45. The second-order valence-electron chi connectivity index (χ2n) is 6.54. The van der Waals surface area contributed by atoms with Crippen molar-refractivity contribution in [3.05, 3.63) is 0 Å². The molecule has 0 atom stereocenters. The zero-order valence-electron chi connectivity index (χ0n) is 14.2. The summed E-state index contributed by atoms with van der Waals surface area (Å²) in [5.74, 6) is 0. The second-order valence-corrected chi connectivity index (χ2v) is 11.1. The van der Waals surface area contributed by atoms with Gasteiger partial charge in [0.1, 0.15) is 0 Å². The molecule has 2 nitrogen and oxygen atoms in total. The molecule has 0 radical (unpaired) electrons. The van der Waals surface area contributed by atoms with E-state index >= 15 is 0 Å². The molecule has 0 amide bonds. The van der Waals surface area contributed by atoms with E-state index in [1.165, 1.54) is 44.6 Å². The molecule has 0 N–H and O–H groups in total. The first-order chi connectivity index (χ1) is 8.95. The van der Waals surface area contributed by atoms with E-state index < -0.39 is 8.32 Å². The highest BCUT2D eigenvalue weighted by Gasteiger charge is 2.32. The van der Waals surface area contributed by atoms with Crippen molar-refractivity contribution in [3.63, 3.8) is 0 Å². The molecule has 0 saturated heterocycles. The number of hydrogen-bond acceptors (Lipinski definition) is 2. The molecule has 116 valence electrons. The van der Waals surface area contributed by atoms with E-state index in [0.29, 0.717) is 0 Å². The molecular formula is C16H36O2Si. The quantitative estimate of drug-likeness (QED) is 0.457. The van der Waals surface area contributed by atoms with Gasteiger partial charge in [0, 0.05) is 19.1 Å². The molecule has 0 spiro atoms. The first-order valence-electron chi connectivity index (χ1n) is 8.08. The monoisotopic (exact) mass is 288 g/mol. The van der Waals surface area contributed by atoms with Crippen molar-refractivity contribution < 1.29 is 9.16 Å². The average molecular weight is 289 g/mol. The van der Waals surface area contributed by atoms with Gasteiger partial charge in [-0.1, -0.05) is 46.5 Å². The van der Waals surface area contributed by atoms with Gasteiger partial charge < -0.3 is 9.16 Å². The van der Waals surface area contributed by atoms with Gasteiger partial charge in [0.05, 0.1) is 6.61 Å². The molecule has 0 aliphatic heterocycles. The molecule has 0 heterocycles. The van der Waals surface area contributed by atoms with Crippen molar-refractivity contribution in [2.75, 3.05) is 20.3 Å². The van der Waals surface area contributed by atoms with E-state index in [-0.39, 0.29) is 5.41 Å². The minimum absolute atomic E-state index is 0.250. The van der Waals surface area contributed by atoms with E-state index in [1.807, 2.05) is 7.11 Å². The number of unbranched alkanes of at least 4 members (excludes halogenated alkanes) is 2. The van der Waals surface area contributed by atoms with Gasteiger partial charge in [0.2, 0.25) is 0 Å². The third-order valence-electron chi connectivity index (χ3n) is 4.19. The number of ether oxygens (including phenoxy) is 1. The molecule has 0 aliphatic rings. The first kappa shape index (κ1) is 19.1. The summed E-state index contributed by atoms with van der Waals surface area (Å²) in [6.07, 6.45) is 7.56. The van der Waals surface area contributed by atoms with Gasteiger partial charge in [0.15, 0.2) is 8.32 Å². The maximum absolute atomic E-state index is 6.35. The van der Waals surface area contributed by atoms with Crippen LogP contribution in [0, 0.1) is 5.41 Å². The van der Waals surface area contributed by atoms with E-state index in [1.54, 1.807) is 0 Å². The number of rotatable bonds is 12. The Hall–Kier alpha value is 0.137. The van der Waals surface area contributed by atoms with Crippen LogP contribution in [-0.4, -0.2) is 28.6 Å². The summed E-state index contributed by atoms with van der Waals surface area (Å²) >= 11 is 0.